The molecule has 0 radical (unpaired) electrons. The lowest BCUT2D eigenvalue weighted by molar-refractivity contribution is 0.0615. The monoisotopic (exact) mass is 438 g/mol. The van der Waals surface area contributed by atoms with Crippen molar-refractivity contribution in [3.05, 3.63) is 66.0 Å². The molecule has 6 rings (SSSR count). The van der Waals surface area contributed by atoms with Crippen molar-refractivity contribution in [3.63, 3.8) is 0 Å². The molecule has 2 aliphatic rings. The Kier molecular flexibility index (Phi) is 4.76. The number of hydrogen-bond acceptors (Lipinski definition) is 4. The van der Waals surface area contributed by atoms with Crippen LogP contribution in [0.5, 0.6) is 0 Å². The normalized spacial score (nSPS) is 16.8. The minimum absolute atomic E-state index is 0.218. The van der Waals surface area contributed by atoms with Crippen molar-refractivity contribution in [2.45, 2.75) is 38.1 Å². The van der Waals surface area contributed by atoms with Gasteiger partial charge in [0, 0.05) is 35.6 Å². The number of aromatic nitrogens is 2. The van der Waals surface area contributed by atoms with Crippen molar-refractivity contribution < 1.29 is 9.59 Å². The minimum Gasteiger partial charge on any atom is -0.329 e. The standard InChI is InChI=1S/C27H26N4O2/c28-13-14-30-26(32)21-8-4-7-20-19(10-11-22(25(20)21)27(30)33)17-9-12-24-23(15-17)29-16-31(24)18-5-2-1-3-6-18/h4,7-12,15-16,18H,1-3,5-6,13-14,28H2. The summed E-state index contributed by atoms with van der Waals surface area (Å²) < 4.78 is 2.33. The summed E-state index contributed by atoms with van der Waals surface area (Å²) >= 11 is 0. The smallest absolute Gasteiger partial charge is 0.261 e. The molecule has 33 heavy (non-hydrogen) atoms. The van der Waals surface area contributed by atoms with E-state index in [1.165, 1.54) is 37.0 Å². The molecular weight excluding hydrogens is 412 g/mol. The average molecular weight is 439 g/mol. The number of hydrogen-bond donors (Lipinski definition) is 1. The summed E-state index contributed by atoms with van der Waals surface area (Å²) in [7, 11) is 0. The van der Waals surface area contributed by atoms with Gasteiger partial charge in [0.1, 0.15) is 0 Å². The summed E-state index contributed by atoms with van der Waals surface area (Å²) in [5.41, 5.74) is 10.9. The topological polar surface area (TPSA) is 81.2 Å². The Bertz CT molecular complexity index is 1390. The lowest BCUT2D eigenvalue weighted by Crippen LogP contribution is -2.43. The molecule has 2 N–H and O–H groups in total. The second-order valence-electron chi connectivity index (χ2n) is 9.09. The van der Waals surface area contributed by atoms with E-state index in [1.807, 2.05) is 30.6 Å². The summed E-state index contributed by atoms with van der Waals surface area (Å²) in [5.74, 6) is -0.551. The second kappa shape index (κ2) is 7.81. The van der Waals surface area contributed by atoms with Crippen molar-refractivity contribution in [3.8, 4) is 11.1 Å². The summed E-state index contributed by atoms with van der Waals surface area (Å²) in [6.07, 6.45) is 8.29. The number of carbonyl (C=O) groups is 2. The highest BCUT2D eigenvalue weighted by molar-refractivity contribution is 6.27. The molecule has 1 aliphatic heterocycles. The van der Waals surface area contributed by atoms with Crippen LogP contribution >= 0.6 is 0 Å². The van der Waals surface area contributed by atoms with Gasteiger partial charge in [-0.2, -0.15) is 0 Å². The lowest BCUT2D eigenvalue weighted by Gasteiger charge is -2.27. The Morgan fingerprint density at radius 1 is 0.909 bits per heavy atom. The van der Waals surface area contributed by atoms with Crippen molar-refractivity contribution in [2.24, 2.45) is 5.73 Å². The van der Waals surface area contributed by atoms with E-state index in [-0.39, 0.29) is 24.9 Å². The highest BCUT2D eigenvalue weighted by Gasteiger charge is 2.32. The highest BCUT2D eigenvalue weighted by atomic mass is 16.2. The largest absolute Gasteiger partial charge is 0.329 e. The van der Waals surface area contributed by atoms with Gasteiger partial charge in [-0.05, 0) is 53.6 Å². The number of carbonyl (C=O) groups excluding carboxylic acids is 2. The third-order valence-corrected chi connectivity index (χ3v) is 7.20. The molecule has 0 bridgehead atoms. The van der Waals surface area contributed by atoms with Crippen LogP contribution in [0.3, 0.4) is 0 Å². The van der Waals surface area contributed by atoms with Gasteiger partial charge in [-0.1, -0.05) is 43.5 Å². The first kappa shape index (κ1) is 20.1. The van der Waals surface area contributed by atoms with E-state index in [2.05, 4.69) is 22.8 Å². The minimum atomic E-state index is -0.276. The van der Waals surface area contributed by atoms with Crippen molar-refractivity contribution in [2.75, 3.05) is 13.1 Å². The van der Waals surface area contributed by atoms with E-state index in [4.69, 9.17) is 10.7 Å². The summed E-state index contributed by atoms with van der Waals surface area (Å²) in [5, 5.41) is 1.64. The van der Waals surface area contributed by atoms with E-state index in [9.17, 15) is 9.59 Å². The molecular formula is C27H26N4O2. The first-order chi connectivity index (χ1) is 16.2. The molecule has 1 fully saturated rings. The number of rotatable bonds is 4. The number of imidazole rings is 1. The van der Waals surface area contributed by atoms with E-state index in [0.29, 0.717) is 17.2 Å². The molecule has 3 aromatic carbocycles. The summed E-state index contributed by atoms with van der Waals surface area (Å²) in [4.78, 5) is 32.0. The second-order valence-corrected chi connectivity index (χ2v) is 9.09. The van der Waals surface area contributed by atoms with Gasteiger partial charge < -0.3 is 10.3 Å². The Morgan fingerprint density at radius 2 is 1.67 bits per heavy atom. The van der Waals surface area contributed by atoms with E-state index < -0.39 is 0 Å². The Balaban J connectivity index is 1.47. The lowest BCUT2D eigenvalue weighted by atomic mass is 9.89. The van der Waals surface area contributed by atoms with Crippen LogP contribution in [-0.2, 0) is 0 Å². The molecule has 166 valence electrons. The van der Waals surface area contributed by atoms with Crippen LogP contribution in [0.1, 0.15) is 58.9 Å². The van der Waals surface area contributed by atoms with Crippen LogP contribution in [0.4, 0.5) is 0 Å². The zero-order chi connectivity index (χ0) is 22.5. The van der Waals surface area contributed by atoms with Gasteiger partial charge in [0.15, 0.2) is 0 Å². The number of nitrogens with two attached hydrogens (primary N) is 1. The van der Waals surface area contributed by atoms with E-state index in [1.54, 1.807) is 6.07 Å². The number of fused-ring (bicyclic) bond motifs is 1. The van der Waals surface area contributed by atoms with Gasteiger partial charge in [0.25, 0.3) is 11.8 Å². The quantitative estimate of drug-likeness (QED) is 0.459. The number of imide groups is 1. The number of nitrogens with zero attached hydrogens (tertiary/aromatic N) is 3. The maximum absolute atomic E-state index is 13.0. The molecule has 0 spiro atoms. The molecule has 4 aromatic rings. The highest BCUT2D eigenvalue weighted by Crippen LogP contribution is 2.38. The molecule has 2 amide bonds. The number of amides is 2. The molecule has 1 saturated carbocycles. The molecule has 0 saturated heterocycles. The van der Waals surface area contributed by atoms with Crippen LogP contribution in [-0.4, -0.2) is 39.4 Å². The van der Waals surface area contributed by atoms with Crippen LogP contribution < -0.4 is 5.73 Å². The predicted octanol–water partition coefficient (Wildman–Crippen LogP) is 4.92. The van der Waals surface area contributed by atoms with Crippen LogP contribution in [0.25, 0.3) is 32.9 Å². The molecule has 0 atom stereocenters. The third-order valence-electron chi connectivity index (χ3n) is 7.20. The Hall–Kier alpha value is -3.51. The predicted molar refractivity (Wildman–Crippen MR) is 129 cm³/mol. The van der Waals surface area contributed by atoms with Crippen molar-refractivity contribution in [1.82, 2.24) is 14.5 Å². The van der Waals surface area contributed by atoms with Crippen molar-refractivity contribution >= 4 is 33.6 Å². The zero-order valence-electron chi connectivity index (χ0n) is 18.5. The summed E-state index contributed by atoms with van der Waals surface area (Å²) in [6, 6.07) is 16.4. The molecule has 1 aromatic heterocycles. The zero-order valence-corrected chi connectivity index (χ0v) is 18.5. The van der Waals surface area contributed by atoms with E-state index >= 15 is 0 Å². The van der Waals surface area contributed by atoms with Gasteiger partial charge in [0.2, 0.25) is 0 Å². The molecule has 6 nitrogen and oxygen atoms in total. The Labute approximate surface area is 192 Å². The van der Waals surface area contributed by atoms with Crippen molar-refractivity contribution in [1.29, 1.82) is 0 Å². The van der Waals surface area contributed by atoms with Crippen LogP contribution in [0.15, 0.2) is 54.9 Å². The fourth-order valence-corrected chi connectivity index (χ4v) is 5.58. The van der Waals surface area contributed by atoms with E-state index in [0.717, 1.165) is 32.9 Å². The molecule has 1 aliphatic carbocycles. The molecule has 0 unspecified atom stereocenters. The van der Waals surface area contributed by atoms with Crippen LogP contribution in [0.2, 0.25) is 0 Å². The Morgan fingerprint density at radius 3 is 2.45 bits per heavy atom. The van der Waals surface area contributed by atoms with Gasteiger partial charge in [-0.3, -0.25) is 14.5 Å². The van der Waals surface area contributed by atoms with Gasteiger partial charge in [-0.25, -0.2) is 4.98 Å². The van der Waals surface area contributed by atoms with Gasteiger partial charge >= 0.3 is 0 Å². The first-order valence-corrected chi connectivity index (χ1v) is 11.8. The fourth-order valence-electron chi connectivity index (χ4n) is 5.58. The van der Waals surface area contributed by atoms with Gasteiger partial charge in [-0.15, -0.1) is 0 Å². The maximum Gasteiger partial charge on any atom is 0.261 e. The average Bonchev–Trinajstić information content (AvgIpc) is 3.28. The summed E-state index contributed by atoms with van der Waals surface area (Å²) in [6.45, 7) is 0.462. The fraction of sp³-hybridized carbons (Fsp3) is 0.296. The first-order valence-electron chi connectivity index (χ1n) is 11.8. The van der Waals surface area contributed by atoms with Crippen LogP contribution in [0, 0.1) is 0 Å². The third kappa shape index (κ3) is 3.09. The van der Waals surface area contributed by atoms with Gasteiger partial charge in [0.05, 0.1) is 17.4 Å². The number of benzene rings is 3. The molecule has 2 heterocycles. The SMILES string of the molecule is NCCN1C(=O)c2cccc3c(-c4ccc5c(c4)ncn5C4CCCCC4)ccc(c23)C1=O. The maximum atomic E-state index is 13.0. The molecule has 6 heteroatoms.